The first-order valence-electron chi connectivity index (χ1n) is 8.89. The fraction of sp³-hybridized carbons (Fsp3) is 0.333. The lowest BCUT2D eigenvalue weighted by Crippen LogP contribution is -2.48. The summed E-state index contributed by atoms with van der Waals surface area (Å²) in [6, 6.07) is 15.1. The predicted molar refractivity (Wildman–Crippen MR) is 100 cm³/mol. The van der Waals surface area contributed by atoms with Crippen LogP contribution in [0.4, 0.5) is 0 Å². The molecule has 0 aromatic heterocycles. The van der Waals surface area contributed by atoms with Gasteiger partial charge in [-0.05, 0) is 30.2 Å². The van der Waals surface area contributed by atoms with E-state index in [2.05, 4.69) is 4.90 Å². The summed E-state index contributed by atoms with van der Waals surface area (Å²) in [7, 11) is 0. The predicted octanol–water partition coefficient (Wildman–Crippen LogP) is 2.58. The van der Waals surface area contributed by atoms with Crippen LogP contribution in [0.15, 0.2) is 48.5 Å². The van der Waals surface area contributed by atoms with E-state index in [1.165, 1.54) is 5.56 Å². The Kier molecular flexibility index (Phi) is 5.68. The van der Waals surface area contributed by atoms with E-state index >= 15 is 0 Å². The highest BCUT2D eigenvalue weighted by atomic mass is 16.4. The van der Waals surface area contributed by atoms with Crippen LogP contribution in [0.5, 0.6) is 0 Å². The van der Waals surface area contributed by atoms with Crippen LogP contribution in [-0.4, -0.2) is 53.0 Å². The van der Waals surface area contributed by atoms with Crippen LogP contribution in [0, 0.1) is 6.92 Å². The van der Waals surface area contributed by atoms with Gasteiger partial charge in [-0.1, -0.05) is 42.0 Å². The molecule has 1 saturated heterocycles. The molecular formula is C21H24N2O3. The third kappa shape index (κ3) is 4.70. The highest BCUT2D eigenvalue weighted by molar-refractivity contribution is 5.87. The summed E-state index contributed by atoms with van der Waals surface area (Å²) in [6.07, 6.45) is 0.445. The Hall–Kier alpha value is -2.66. The normalized spacial score (nSPS) is 15.0. The number of carboxylic acids is 1. The first-order valence-corrected chi connectivity index (χ1v) is 8.89. The number of aryl methyl sites for hydroxylation is 1. The topological polar surface area (TPSA) is 60.9 Å². The van der Waals surface area contributed by atoms with Crippen molar-refractivity contribution < 1.29 is 14.7 Å². The molecule has 0 unspecified atom stereocenters. The minimum atomic E-state index is -0.904. The molecule has 1 aliphatic heterocycles. The second-order valence-electron chi connectivity index (χ2n) is 6.82. The van der Waals surface area contributed by atoms with Crippen LogP contribution in [-0.2, 0) is 17.8 Å². The van der Waals surface area contributed by atoms with Crippen molar-refractivity contribution in [3.05, 3.63) is 70.8 Å². The van der Waals surface area contributed by atoms with Gasteiger partial charge in [0.25, 0.3) is 0 Å². The molecule has 0 radical (unpaired) electrons. The zero-order chi connectivity index (χ0) is 18.5. The molecule has 0 bridgehead atoms. The highest BCUT2D eigenvalue weighted by Gasteiger charge is 2.21. The minimum Gasteiger partial charge on any atom is -0.478 e. The van der Waals surface area contributed by atoms with Crippen LogP contribution in [0.25, 0.3) is 0 Å². The largest absolute Gasteiger partial charge is 0.478 e. The lowest BCUT2D eigenvalue weighted by atomic mass is 10.1. The molecule has 1 amide bonds. The Balaban J connectivity index is 1.50. The summed E-state index contributed by atoms with van der Waals surface area (Å²) in [5.41, 5.74) is 3.55. The van der Waals surface area contributed by atoms with E-state index in [4.69, 9.17) is 5.11 Å². The molecule has 2 aromatic rings. The number of hydrogen-bond acceptors (Lipinski definition) is 3. The summed E-state index contributed by atoms with van der Waals surface area (Å²) in [6.45, 7) is 5.78. The van der Waals surface area contributed by atoms with Crippen molar-refractivity contribution in [2.75, 3.05) is 26.2 Å². The first kappa shape index (κ1) is 18.1. The Labute approximate surface area is 153 Å². The number of carboxylic acid groups (broad SMARTS) is 1. The maximum absolute atomic E-state index is 12.5. The van der Waals surface area contributed by atoms with Crippen LogP contribution in [0.1, 0.15) is 27.0 Å². The maximum atomic E-state index is 12.5. The Bertz CT molecular complexity index is 778. The van der Waals surface area contributed by atoms with Crippen LogP contribution in [0.3, 0.4) is 0 Å². The molecule has 5 nitrogen and oxygen atoms in total. The van der Waals surface area contributed by atoms with Gasteiger partial charge in [0.05, 0.1) is 12.0 Å². The third-order valence-electron chi connectivity index (χ3n) is 4.78. The molecule has 1 heterocycles. The highest BCUT2D eigenvalue weighted by Crippen LogP contribution is 2.12. The average molecular weight is 352 g/mol. The van der Waals surface area contributed by atoms with Crippen LogP contribution < -0.4 is 0 Å². The number of benzene rings is 2. The molecule has 5 heteroatoms. The van der Waals surface area contributed by atoms with Crippen molar-refractivity contribution in [2.24, 2.45) is 0 Å². The summed E-state index contributed by atoms with van der Waals surface area (Å²) < 4.78 is 0. The molecule has 26 heavy (non-hydrogen) atoms. The Morgan fingerprint density at radius 2 is 1.65 bits per heavy atom. The van der Waals surface area contributed by atoms with Gasteiger partial charge < -0.3 is 10.0 Å². The van der Waals surface area contributed by atoms with Crippen molar-refractivity contribution in [1.29, 1.82) is 0 Å². The zero-order valence-corrected chi connectivity index (χ0v) is 15.0. The second-order valence-corrected chi connectivity index (χ2v) is 6.82. The fourth-order valence-corrected chi connectivity index (χ4v) is 3.21. The monoisotopic (exact) mass is 352 g/mol. The third-order valence-corrected chi connectivity index (χ3v) is 4.78. The number of aromatic carboxylic acids is 1. The molecule has 136 valence electrons. The van der Waals surface area contributed by atoms with Gasteiger partial charge in [0.1, 0.15) is 0 Å². The van der Waals surface area contributed by atoms with E-state index in [1.807, 2.05) is 42.2 Å². The number of piperazine rings is 1. The van der Waals surface area contributed by atoms with Crippen LogP contribution >= 0.6 is 0 Å². The smallest absolute Gasteiger partial charge is 0.335 e. The number of nitrogens with zero attached hydrogens (tertiary/aromatic N) is 2. The molecule has 0 aliphatic carbocycles. The quantitative estimate of drug-likeness (QED) is 0.898. The molecule has 1 aliphatic rings. The van der Waals surface area contributed by atoms with E-state index in [-0.39, 0.29) is 5.91 Å². The molecule has 2 aromatic carbocycles. The van der Waals surface area contributed by atoms with E-state index in [0.29, 0.717) is 31.6 Å². The molecule has 0 atom stereocenters. The molecule has 1 N–H and O–H groups in total. The number of carbonyl (C=O) groups excluding carboxylic acids is 1. The van der Waals surface area contributed by atoms with E-state index in [1.54, 1.807) is 18.2 Å². The van der Waals surface area contributed by atoms with Crippen molar-refractivity contribution in [3.8, 4) is 0 Å². The zero-order valence-electron chi connectivity index (χ0n) is 15.0. The van der Waals surface area contributed by atoms with Crippen molar-refractivity contribution in [3.63, 3.8) is 0 Å². The van der Waals surface area contributed by atoms with Gasteiger partial charge in [-0.25, -0.2) is 4.79 Å². The Morgan fingerprint density at radius 1 is 0.962 bits per heavy atom. The van der Waals surface area contributed by atoms with Crippen LogP contribution in [0.2, 0.25) is 0 Å². The number of carbonyl (C=O) groups is 2. The summed E-state index contributed by atoms with van der Waals surface area (Å²) in [5, 5.41) is 9.09. The van der Waals surface area contributed by atoms with E-state index in [0.717, 1.165) is 24.2 Å². The van der Waals surface area contributed by atoms with Gasteiger partial charge in [0.2, 0.25) is 5.91 Å². The van der Waals surface area contributed by atoms with Crippen molar-refractivity contribution in [2.45, 2.75) is 19.9 Å². The molecule has 3 rings (SSSR count). The summed E-state index contributed by atoms with van der Waals surface area (Å²) in [5.74, 6) is -0.736. The average Bonchev–Trinajstić information content (AvgIpc) is 2.64. The minimum absolute atomic E-state index is 0.168. The lowest BCUT2D eigenvalue weighted by Gasteiger charge is -2.35. The number of hydrogen-bond donors (Lipinski definition) is 1. The van der Waals surface area contributed by atoms with Gasteiger partial charge in [0.15, 0.2) is 0 Å². The van der Waals surface area contributed by atoms with Gasteiger partial charge >= 0.3 is 5.97 Å². The lowest BCUT2D eigenvalue weighted by molar-refractivity contribution is -0.132. The summed E-state index contributed by atoms with van der Waals surface area (Å²) in [4.78, 5) is 27.7. The van der Waals surface area contributed by atoms with Gasteiger partial charge in [0, 0.05) is 32.7 Å². The second kappa shape index (κ2) is 8.15. The fourth-order valence-electron chi connectivity index (χ4n) is 3.21. The van der Waals surface area contributed by atoms with Crippen molar-refractivity contribution in [1.82, 2.24) is 9.80 Å². The number of rotatable bonds is 5. The van der Waals surface area contributed by atoms with Crippen molar-refractivity contribution >= 4 is 11.9 Å². The summed E-state index contributed by atoms with van der Waals surface area (Å²) >= 11 is 0. The van der Waals surface area contributed by atoms with E-state index < -0.39 is 5.97 Å². The van der Waals surface area contributed by atoms with E-state index in [9.17, 15) is 9.59 Å². The number of amides is 1. The molecule has 0 saturated carbocycles. The molecule has 0 spiro atoms. The van der Waals surface area contributed by atoms with Gasteiger partial charge in [-0.2, -0.15) is 0 Å². The molecule has 1 fully saturated rings. The maximum Gasteiger partial charge on any atom is 0.335 e. The SMILES string of the molecule is Cc1ccc(CC(=O)N2CCN(Cc3cccc(C(=O)O)c3)CC2)cc1. The molecular weight excluding hydrogens is 328 g/mol. The Morgan fingerprint density at radius 3 is 2.31 bits per heavy atom. The first-order chi connectivity index (χ1) is 12.5. The van der Waals surface area contributed by atoms with Gasteiger partial charge in [-0.15, -0.1) is 0 Å². The van der Waals surface area contributed by atoms with Gasteiger partial charge in [-0.3, -0.25) is 9.69 Å². The standard InChI is InChI=1S/C21H24N2O3/c1-16-5-7-17(8-6-16)14-20(24)23-11-9-22(10-12-23)15-18-3-2-4-19(13-18)21(25)26/h2-8,13H,9-12,14-15H2,1H3,(H,25,26).